The maximum absolute atomic E-state index is 6.14. The summed E-state index contributed by atoms with van der Waals surface area (Å²) in [6, 6.07) is 2.79. The third kappa shape index (κ3) is 2.38. The molecule has 3 rings (SSSR count). The van der Waals surface area contributed by atoms with Crippen LogP contribution in [-0.2, 0) is 0 Å². The third-order valence-corrected chi connectivity index (χ3v) is 5.06. The van der Waals surface area contributed by atoms with Gasteiger partial charge in [-0.2, -0.15) is 0 Å². The van der Waals surface area contributed by atoms with E-state index >= 15 is 0 Å². The Labute approximate surface area is 105 Å². The first-order valence-corrected chi connectivity index (χ1v) is 7.49. The van der Waals surface area contributed by atoms with Crippen LogP contribution in [0.1, 0.15) is 45.4 Å². The van der Waals surface area contributed by atoms with E-state index in [1.807, 2.05) is 0 Å². The Hall–Kier alpha value is -0.120. The number of rotatable bonds is 3. The van der Waals surface area contributed by atoms with Gasteiger partial charge in [0.1, 0.15) is 0 Å². The Morgan fingerprint density at radius 3 is 2.29 bits per heavy atom. The molecule has 2 bridgehead atoms. The highest BCUT2D eigenvalue weighted by Gasteiger charge is 2.41. The van der Waals surface area contributed by atoms with Crippen LogP contribution in [0.3, 0.4) is 0 Å². The van der Waals surface area contributed by atoms with Crippen molar-refractivity contribution in [3.05, 3.63) is 0 Å². The second kappa shape index (κ2) is 4.87. The Balaban J connectivity index is 1.60. The standard InChI is InChI=1S/C14H27N3/c1-11(10-16-6-2-3-7-16)17-13-4-5-14(17)9-12(15)8-13/h11-14H,2-10,15H2,1H3. The van der Waals surface area contributed by atoms with E-state index < -0.39 is 0 Å². The van der Waals surface area contributed by atoms with Crippen molar-refractivity contribution in [2.75, 3.05) is 19.6 Å². The largest absolute Gasteiger partial charge is 0.328 e. The number of fused-ring (bicyclic) bond motifs is 2. The molecular formula is C14H27N3. The van der Waals surface area contributed by atoms with Crippen molar-refractivity contribution in [2.24, 2.45) is 5.73 Å². The van der Waals surface area contributed by atoms with Crippen molar-refractivity contribution in [3.8, 4) is 0 Å². The second-order valence-electron chi connectivity index (χ2n) is 6.42. The molecule has 0 aliphatic carbocycles. The van der Waals surface area contributed by atoms with E-state index in [0.717, 1.165) is 18.1 Å². The molecule has 17 heavy (non-hydrogen) atoms. The van der Waals surface area contributed by atoms with E-state index in [0.29, 0.717) is 6.04 Å². The Kier molecular flexibility index (Phi) is 3.42. The minimum Gasteiger partial charge on any atom is -0.328 e. The summed E-state index contributed by atoms with van der Waals surface area (Å²) >= 11 is 0. The van der Waals surface area contributed by atoms with E-state index in [1.165, 1.54) is 58.2 Å². The number of hydrogen-bond donors (Lipinski definition) is 1. The Morgan fingerprint density at radius 1 is 1.12 bits per heavy atom. The van der Waals surface area contributed by atoms with Crippen molar-refractivity contribution in [3.63, 3.8) is 0 Å². The van der Waals surface area contributed by atoms with Crippen molar-refractivity contribution in [2.45, 2.75) is 69.6 Å². The van der Waals surface area contributed by atoms with Gasteiger partial charge in [0.15, 0.2) is 0 Å². The van der Waals surface area contributed by atoms with Crippen LogP contribution in [0.25, 0.3) is 0 Å². The molecule has 2 N–H and O–H groups in total. The van der Waals surface area contributed by atoms with Gasteiger partial charge in [0.25, 0.3) is 0 Å². The van der Waals surface area contributed by atoms with Crippen molar-refractivity contribution in [1.82, 2.24) is 9.80 Å². The van der Waals surface area contributed by atoms with Gasteiger partial charge in [-0.15, -0.1) is 0 Å². The topological polar surface area (TPSA) is 32.5 Å². The van der Waals surface area contributed by atoms with Gasteiger partial charge >= 0.3 is 0 Å². The average molecular weight is 237 g/mol. The molecule has 98 valence electrons. The molecule has 3 unspecified atom stereocenters. The Bertz CT molecular complexity index is 248. The average Bonchev–Trinajstić information content (AvgIpc) is 2.86. The van der Waals surface area contributed by atoms with Crippen LogP contribution in [0.4, 0.5) is 0 Å². The van der Waals surface area contributed by atoms with Gasteiger partial charge in [-0.3, -0.25) is 4.90 Å². The molecule has 0 aromatic rings. The normalized spacial score (nSPS) is 40.9. The fraction of sp³-hybridized carbons (Fsp3) is 1.00. The Morgan fingerprint density at radius 2 is 1.71 bits per heavy atom. The highest BCUT2D eigenvalue weighted by atomic mass is 15.3. The molecule has 3 aliphatic heterocycles. The van der Waals surface area contributed by atoms with Gasteiger partial charge in [0.05, 0.1) is 0 Å². The number of hydrogen-bond acceptors (Lipinski definition) is 3. The third-order valence-electron chi connectivity index (χ3n) is 5.06. The zero-order chi connectivity index (χ0) is 11.8. The predicted octanol–water partition coefficient (Wildman–Crippen LogP) is 1.42. The van der Waals surface area contributed by atoms with Crippen LogP contribution < -0.4 is 5.73 Å². The molecule has 3 atom stereocenters. The minimum absolute atomic E-state index is 0.475. The van der Waals surface area contributed by atoms with Crippen LogP contribution >= 0.6 is 0 Å². The lowest BCUT2D eigenvalue weighted by Gasteiger charge is -2.42. The monoisotopic (exact) mass is 237 g/mol. The van der Waals surface area contributed by atoms with Crippen LogP contribution in [0, 0.1) is 0 Å². The zero-order valence-electron chi connectivity index (χ0n) is 11.1. The maximum atomic E-state index is 6.14. The predicted molar refractivity (Wildman–Crippen MR) is 71.0 cm³/mol. The molecule has 0 radical (unpaired) electrons. The van der Waals surface area contributed by atoms with Gasteiger partial charge < -0.3 is 10.6 Å². The quantitative estimate of drug-likeness (QED) is 0.806. The molecule has 0 amide bonds. The van der Waals surface area contributed by atoms with Gasteiger partial charge in [-0.1, -0.05) is 0 Å². The summed E-state index contributed by atoms with van der Waals surface area (Å²) in [4.78, 5) is 5.46. The summed E-state index contributed by atoms with van der Waals surface area (Å²) in [5, 5.41) is 0. The zero-order valence-corrected chi connectivity index (χ0v) is 11.1. The molecule has 0 aromatic heterocycles. The number of nitrogens with two attached hydrogens (primary N) is 1. The number of piperidine rings is 1. The fourth-order valence-electron chi connectivity index (χ4n) is 4.41. The lowest BCUT2D eigenvalue weighted by molar-refractivity contribution is 0.0676. The molecule has 0 spiro atoms. The maximum Gasteiger partial charge on any atom is 0.0200 e. The molecule has 3 nitrogen and oxygen atoms in total. The first-order chi connectivity index (χ1) is 8.24. The molecule has 0 saturated carbocycles. The van der Waals surface area contributed by atoms with E-state index in [1.54, 1.807) is 0 Å². The second-order valence-corrected chi connectivity index (χ2v) is 6.42. The van der Waals surface area contributed by atoms with Crippen LogP contribution in [0.2, 0.25) is 0 Å². The lowest BCUT2D eigenvalue weighted by atomic mass is 9.96. The number of likely N-dealkylation sites (tertiary alicyclic amines) is 1. The molecular weight excluding hydrogens is 210 g/mol. The highest BCUT2D eigenvalue weighted by molar-refractivity contribution is 4.99. The van der Waals surface area contributed by atoms with Crippen molar-refractivity contribution in [1.29, 1.82) is 0 Å². The smallest absolute Gasteiger partial charge is 0.0200 e. The van der Waals surface area contributed by atoms with E-state index in [9.17, 15) is 0 Å². The van der Waals surface area contributed by atoms with Crippen LogP contribution in [0.15, 0.2) is 0 Å². The SMILES string of the molecule is CC(CN1CCCC1)N1C2CCC1CC(N)C2. The first-order valence-electron chi connectivity index (χ1n) is 7.49. The molecule has 3 heteroatoms. The number of nitrogens with zero attached hydrogens (tertiary/aromatic N) is 2. The molecule has 3 saturated heterocycles. The van der Waals surface area contributed by atoms with Gasteiger partial charge in [0, 0.05) is 30.7 Å². The molecule has 3 fully saturated rings. The first kappa shape index (κ1) is 11.9. The van der Waals surface area contributed by atoms with Gasteiger partial charge in [0.2, 0.25) is 0 Å². The summed E-state index contributed by atoms with van der Waals surface area (Å²) in [5.41, 5.74) is 6.14. The molecule has 3 heterocycles. The fourth-order valence-corrected chi connectivity index (χ4v) is 4.41. The van der Waals surface area contributed by atoms with E-state index in [4.69, 9.17) is 5.73 Å². The molecule has 3 aliphatic rings. The lowest BCUT2D eigenvalue weighted by Crippen LogP contribution is -2.53. The van der Waals surface area contributed by atoms with E-state index in [-0.39, 0.29) is 0 Å². The molecule has 0 aromatic carbocycles. The van der Waals surface area contributed by atoms with Crippen molar-refractivity contribution >= 4 is 0 Å². The summed E-state index contributed by atoms with van der Waals surface area (Å²) in [6.45, 7) is 6.36. The van der Waals surface area contributed by atoms with Crippen molar-refractivity contribution < 1.29 is 0 Å². The summed E-state index contributed by atoms with van der Waals surface area (Å²) < 4.78 is 0. The summed E-state index contributed by atoms with van der Waals surface area (Å²) in [5.74, 6) is 0. The van der Waals surface area contributed by atoms with E-state index in [2.05, 4.69) is 16.7 Å². The summed E-state index contributed by atoms with van der Waals surface area (Å²) in [6.07, 6.45) is 8.07. The summed E-state index contributed by atoms with van der Waals surface area (Å²) in [7, 11) is 0. The van der Waals surface area contributed by atoms with Gasteiger partial charge in [-0.05, 0) is 58.5 Å². The van der Waals surface area contributed by atoms with Crippen LogP contribution in [0.5, 0.6) is 0 Å². The van der Waals surface area contributed by atoms with Crippen LogP contribution in [-0.4, -0.2) is 53.6 Å². The minimum atomic E-state index is 0.475. The highest BCUT2D eigenvalue weighted by Crippen LogP contribution is 2.36. The van der Waals surface area contributed by atoms with Gasteiger partial charge in [-0.25, -0.2) is 0 Å².